The highest BCUT2D eigenvalue weighted by atomic mass is 35.5. The molecule has 46 heavy (non-hydrogen) atoms. The Morgan fingerprint density at radius 3 is 2.54 bits per heavy atom. The van der Waals surface area contributed by atoms with Crippen molar-refractivity contribution in [3.8, 4) is 17.3 Å². The Labute approximate surface area is 266 Å². The number of rotatable bonds is 8. The van der Waals surface area contributed by atoms with Crippen molar-refractivity contribution >= 4 is 34.9 Å². The van der Waals surface area contributed by atoms with Crippen LogP contribution < -0.4 is 15.5 Å². The van der Waals surface area contributed by atoms with E-state index in [0.29, 0.717) is 11.3 Å². The van der Waals surface area contributed by atoms with E-state index in [9.17, 15) is 28.7 Å². The first-order valence-corrected chi connectivity index (χ1v) is 14.7. The fourth-order valence-electron chi connectivity index (χ4n) is 5.92. The lowest BCUT2D eigenvalue weighted by Gasteiger charge is -2.36. The number of pyridine rings is 2. The van der Waals surface area contributed by atoms with E-state index in [1.807, 2.05) is 6.07 Å². The SMILES string of the molecule is N#Cc1ccnc(N2C(=O)CC(c3c(NC(C(=O)NC4CC(F)(F)C4)c4ccccc4Cl)cc(F)cc3-c3ccccn3)[C@H]2O)c1. The van der Waals surface area contributed by atoms with Gasteiger partial charge in [0, 0.05) is 65.5 Å². The molecule has 0 bridgehead atoms. The zero-order valence-corrected chi connectivity index (χ0v) is 24.8. The maximum absolute atomic E-state index is 15.4. The van der Waals surface area contributed by atoms with Gasteiger partial charge in [-0.05, 0) is 48.0 Å². The van der Waals surface area contributed by atoms with Gasteiger partial charge < -0.3 is 15.7 Å². The van der Waals surface area contributed by atoms with Crippen LogP contribution >= 0.6 is 11.6 Å². The first-order chi connectivity index (χ1) is 22.0. The lowest BCUT2D eigenvalue weighted by atomic mass is 9.87. The van der Waals surface area contributed by atoms with E-state index < -0.39 is 60.6 Å². The first-order valence-electron chi connectivity index (χ1n) is 14.3. The van der Waals surface area contributed by atoms with E-state index in [4.69, 9.17) is 11.6 Å². The van der Waals surface area contributed by atoms with Gasteiger partial charge in [0.15, 0.2) is 0 Å². The molecule has 13 heteroatoms. The van der Waals surface area contributed by atoms with Crippen molar-refractivity contribution in [2.45, 2.75) is 49.4 Å². The molecule has 9 nitrogen and oxygen atoms in total. The molecule has 1 saturated heterocycles. The number of aromatic nitrogens is 2. The summed E-state index contributed by atoms with van der Waals surface area (Å²) in [6, 6.07) is 16.5. The number of benzene rings is 2. The van der Waals surface area contributed by atoms with Crippen LogP contribution in [0.4, 0.5) is 24.7 Å². The van der Waals surface area contributed by atoms with Crippen molar-refractivity contribution in [2.24, 2.45) is 0 Å². The third-order valence-corrected chi connectivity index (χ3v) is 8.42. The minimum atomic E-state index is -2.88. The van der Waals surface area contributed by atoms with E-state index in [1.165, 1.54) is 30.6 Å². The molecule has 0 spiro atoms. The predicted molar refractivity (Wildman–Crippen MR) is 163 cm³/mol. The summed E-state index contributed by atoms with van der Waals surface area (Å²) in [7, 11) is 0. The number of halogens is 4. The zero-order chi connectivity index (χ0) is 32.6. The summed E-state index contributed by atoms with van der Waals surface area (Å²) in [4.78, 5) is 36.7. The van der Waals surface area contributed by atoms with Gasteiger partial charge >= 0.3 is 0 Å². The highest BCUT2D eigenvalue weighted by Crippen LogP contribution is 2.45. The van der Waals surface area contributed by atoms with Crippen LogP contribution in [0.15, 0.2) is 79.1 Å². The number of nitrogens with one attached hydrogen (secondary N) is 2. The van der Waals surface area contributed by atoms with E-state index in [0.717, 1.165) is 11.0 Å². The van der Waals surface area contributed by atoms with Crippen molar-refractivity contribution in [1.82, 2.24) is 15.3 Å². The van der Waals surface area contributed by atoms with Crippen molar-refractivity contribution in [3.05, 3.63) is 107 Å². The summed E-state index contributed by atoms with van der Waals surface area (Å²) in [5, 5.41) is 26.9. The predicted octanol–water partition coefficient (Wildman–Crippen LogP) is 5.71. The molecule has 3 heterocycles. The van der Waals surface area contributed by atoms with Crippen LogP contribution in [0.3, 0.4) is 0 Å². The molecule has 4 aromatic rings. The number of anilines is 2. The van der Waals surface area contributed by atoms with Crippen molar-refractivity contribution in [3.63, 3.8) is 0 Å². The third kappa shape index (κ3) is 6.11. The summed E-state index contributed by atoms with van der Waals surface area (Å²) >= 11 is 6.49. The van der Waals surface area contributed by atoms with Gasteiger partial charge in [0.05, 0.1) is 17.3 Å². The number of carbonyl (C=O) groups is 2. The molecule has 2 aromatic carbocycles. The number of alkyl halides is 2. The first kappa shape index (κ1) is 31.0. The molecule has 2 fully saturated rings. The maximum Gasteiger partial charge on any atom is 0.252 e. The van der Waals surface area contributed by atoms with Crippen molar-refractivity contribution in [2.75, 3.05) is 10.2 Å². The molecule has 2 aromatic heterocycles. The molecule has 6 rings (SSSR count). The molecule has 3 N–H and O–H groups in total. The van der Waals surface area contributed by atoms with Gasteiger partial charge in [-0.3, -0.25) is 19.5 Å². The summed E-state index contributed by atoms with van der Waals surface area (Å²) in [6.07, 6.45) is 0.0701. The Hall–Kier alpha value is -4.99. The fraction of sp³-hybridized carbons (Fsp3) is 0.242. The number of nitrogens with zero attached hydrogens (tertiary/aromatic N) is 4. The molecule has 3 atom stereocenters. The number of amides is 2. The average Bonchev–Trinajstić information content (AvgIpc) is 3.32. The fourth-order valence-corrected chi connectivity index (χ4v) is 6.17. The van der Waals surface area contributed by atoms with Gasteiger partial charge in [-0.2, -0.15) is 5.26 Å². The topological polar surface area (TPSA) is 131 Å². The third-order valence-electron chi connectivity index (χ3n) is 8.08. The summed E-state index contributed by atoms with van der Waals surface area (Å²) in [6.45, 7) is 0. The Bertz CT molecular complexity index is 1850. The number of aliphatic hydroxyl groups excluding tert-OH is 1. The number of nitriles is 1. The standard InChI is InChI=1S/C33H26ClF3N6O3/c34-24-6-2-1-5-21(24)30(31(45)41-20-15-33(36,37)16-20)42-26-13-19(35)12-22(25-7-3-4-9-39-25)29(26)23-14-28(44)43(32(23)46)27-11-18(17-38)8-10-40-27/h1-13,20,23,30,32,42,46H,14-16H2,(H,41,45)/t23?,30?,32-/m1/s1. The lowest BCUT2D eigenvalue weighted by molar-refractivity contribution is -0.130. The van der Waals surface area contributed by atoms with Crippen LogP contribution in [0, 0.1) is 17.1 Å². The largest absolute Gasteiger partial charge is 0.372 e. The van der Waals surface area contributed by atoms with Crippen LogP contribution in [0.25, 0.3) is 11.3 Å². The van der Waals surface area contributed by atoms with Crippen LogP contribution in [0.1, 0.15) is 47.9 Å². The number of carbonyl (C=O) groups excluding carboxylic acids is 2. The Morgan fingerprint density at radius 2 is 1.85 bits per heavy atom. The maximum atomic E-state index is 15.4. The van der Waals surface area contributed by atoms with Gasteiger partial charge in [0.2, 0.25) is 11.8 Å². The minimum absolute atomic E-state index is 0.0529. The highest BCUT2D eigenvalue weighted by Gasteiger charge is 2.47. The lowest BCUT2D eigenvalue weighted by Crippen LogP contribution is -2.52. The molecule has 2 aliphatic rings. The highest BCUT2D eigenvalue weighted by molar-refractivity contribution is 6.31. The summed E-state index contributed by atoms with van der Waals surface area (Å²) in [5.41, 5.74) is 1.43. The normalized spacial score (nSPS) is 19.7. The Balaban J connectivity index is 1.46. The second kappa shape index (κ2) is 12.4. The molecule has 1 saturated carbocycles. The van der Waals surface area contributed by atoms with E-state index >= 15 is 4.39 Å². The Kier molecular flexibility index (Phi) is 8.37. The van der Waals surface area contributed by atoms with E-state index in [-0.39, 0.29) is 39.6 Å². The number of hydrogen-bond donors (Lipinski definition) is 3. The Morgan fingerprint density at radius 1 is 1.09 bits per heavy atom. The van der Waals surface area contributed by atoms with Crippen LogP contribution in [0.5, 0.6) is 0 Å². The second-order valence-corrected chi connectivity index (χ2v) is 11.6. The van der Waals surface area contributed by atoms with Crippen LogP contribution in [0.2, 0.25) is 5.02 Å². The molecular formula is C33H26ClF3N6O3. The van der Waals surface area contributed by atoms with E-state index in [1.54, 1.807) is 42.5 Å². The average molecular weight is 647 g/mol. The molecular weight excluding hydrogens is 621 g/mol. The molecule has 0 radical (unpaired) electrons. The molecule has 2 amide bonds. The van der Waals surface area contributed by atoms with Crippen LogP contribution in [-0.2, 0) is 9.59 Å². The molecule has 1 aliphatic carbocycles. The molecule has 234 valence electrons. The molecule has 2 unspecified atom stereocenters. The quantitative estimate of drug-likeness (QED) is 0.223. The van der Waals surface area contributed by atoms with Gasteiger partial charge in [-0.25, -0.2) is 18.2 Å². The smallest absolute Gasteiger partial charge is 0.252 e. The number of hydrogen-bond acceptors (Lipinski definition) is 7. The monoisotopic (exact) mass is 646 g/mol. The van der Waals surface area contributed by atoms with E-state index in [2.05, 4.69) is 20.6 Å². The van der Waals surface area contributed by atoms with Crippen molar-refractivity contribution < 1.29 is 27.9 Å². The van der Waals surface area contributed by atoms with Gasteiger partial charge in [0.25, 0.3) is 5.92 Å². The number of aliphatic hydroxyl groups is 1. The summed E-state index contributed by atoms with van der Waals surface area (Å²) < 4.78 is 42.6. The summed E-state index contributed by atoms with van der Waals surface area (Å²) in [5.74, 6) is -5.69. The van der Waals surface area contributed by atoms with Gasteiger partial charge in [0.1, 0.15) is 23.9 Å². The molecule has 1 aliphatic heterocycles. The minimum Gasteiger partial charge on any atom is -0.372 e. The zero-order valence-electron chi connectivity index (χ0n) is 24.0. The van der Waals surface area contributed by atoms with Gasteiger partial charge in [-0.15, -0.1) is 0 Å². The van der Waals surface area contributed by atoms with Crippen molar-refractivity contribution in [1.29, 1.82) is 5.26 Å². The van der Waals surface area contributed by atoms with Crippen LogP contribution in [-0.4, -0.2) is 45.1 Å². The second-order valence-electron chi connectivity index (χ2n) is 11.2. The van der Waals surface area contributed by atoms with Gasteiger partial charge in [-0.1, -0.05) is 35.9 Å².